The van der Waals surface area contributed by atoms with E-state index in [1.165, 1.54) is 5.56 Å². The zero-order valence-corrected chi connectivity index (χ0v) is 10.5. The van der Waals surface area contributed by atoms with E-state index in [1.54, 1.807) is 7.11 Å². The van der Waals surface area contributed by atoms with Crippen molar-refractivity contribution >= 4 is 0 Å². The molecule has 0 radical (unpaired) electrons. The van der Waals surface area contributed by atoms with E-state index in [9.17, 15) is 0 Å². The van der Waals surface area contributed by atoms with Gasteiger partial charge >= 0.3 is 0 Å². The van der Waals surface area contributed by atoms with Crippen molar-refractivity contribution in [3.63, 3.8) is 0 Å². The van der Waals surface area contributed by atoms with E-state index in [0.717, 1.165) is 26.1 Å². The average molecular weight is 222 g/mol. The first-order valence-corrected chi connectivity index (χ1v) is 5.73. The van der Waals surface area contributed by atoms with Gasteiger partial charge in [0.05, 0.1) is 0 Å². The van der Waals surface area contributed by atoms with Crippen LogP contribution in [-0.4, -0.2) is 25.2 Å². The number of nitrogens with one attached hydrogen (secondary N) is 1. The van der Waals surface area contributed by atoms with Crippen molar-refractivity contribution in [2.24, 2.45) is 5.41 Å². The van der Waals surface area contributed by atoms with E-state index >= 15 is 0 Å². The molecule has 3 heteroatoms. The maximum absolute atomic E-state index is 5.11. The Morgan fingerprint density at radius 1 is 1.31 bits per heavy atom. The van der Waals surface area contributed by atoms with Crippen LogP contribution in [0.15, 0.2) is 24.5 Å². The van der Waals surface area contributed by atoms with Gasteiger partial charge in [0, 0.05) is 39.2 Å². The second-order valence-corrected chi connectivity index (χ2v) is 4.87. The number of pyridine rings is 1. The minimum Gasteiger partial charge on any atom is -0.385 e. The fourth-order valence-corrected chi connectivity index (χ4v) is 1.51. The van der Waals surface area contributed by atoms with Gasteiger partial charge in [-0.3, -0.25) is 4.98 Å². The van der Waals surface area contributed by atoms with Crippen LogP contribution in [0.1, 0.15) is 25.8 Å². The highest BCUT2D eigenvalue weighted by Gasteiger charge is 2.16. The fraction of sp³-hybridized carbons (Fsp3) is 0.615. The number of ether oxygens (including phenoxy) is 1. The van der Waals surface area contributed by atoms with Crippen LogP contribution in [0.25, 0.3) is 0 Å². The van der Waals surface area contributed by atoms with Crippen LogP contribution in [0.3, 0.4) is 0 Å². The van der Waals surface area contributed by atoms with Gasteiger partial charge in [0.25, 0.3) is 0 Å². The zero-order chi connectivity index (χ0) is 11.9. The summed E-state index contributed by atoms with van der Waals surface area (Å²) in [5.41, 5.74) is 1.56. The molecule has 0 unspecified atom stereocenters. The van der Waals surface area contributed by atoms with Gasteiger partial charge in [-0.1, -0.05) is 13.8 Å². The van der Waals surface area contributed by atoms with Gasteiger partial charge in [0.1, 0.15) is 0 Å². The molecule has 0 saturated carbocycles. The quantitative estimate of drug-likeness (QED) is 0.768. The molecule has 1 aromatic rings. The molecule has 1 N–H and O–H groups in total. The first-order valence-electron chi connectivity index (χ1n) is 5.73. The summed E-state index contributed by atoms with van der Waals surface area (Å²) in [7, 11) is 1.75. The third-order valence-electron chi connectivity index (χ3n) is 2.66. The number of aromatic nitrogens is 1. The second-order valence-electron chi connectivity index (χ2n) is 4.87. The normalized spacial score (nSPS) is 11.7. The maximum Gasteiger partial charge on any atom is 0.0467 e. The van der Waals surface area contributed by atoms with Crippen LogP contribution < -0.4 is 5.32 Å². The van der Waals surface area contributed by atoms with Crippen molar-refractivity contribution in [2.45, 2.75) is 26.8 Å². The molecule has 0 amide bonds. The molecule has 90 valence electrons. The zero-order valence-electron chi connectivity index (χ0n) is 10.5. The monoisotopic (exact) mass is 222 g/mol. The minimum atomic E-state index is 0.281. The Bertz CT molecular complexity index is 285. The molecule has 0 bridgehead atoms. The van der Waals surface area contributed by atoms with Gasteiger partial charge < -0.3 is 10.1 Å². The molecular weight excluding hydrogens is 200 g/mol. The molecule has 1 rings (SSSR count). The molecule has 1 aromatic heterocycles. The highest BCUT2D eigenvalue weighted by molar-refractivity contribution is 5.09. The van der Waals surface area contributed by atoms with Crippen LogP contribution in [-0.2, 0) is 11.3 Å². The second kappa shape index (κ2) is 6.61. The summed E-state index contributed by atoms with van der Waals surface area (Å²) in [4.78, 5) is 4.00. The Morgan fingerprint density at radius 2 is 2.00 bits per heavy atom. The van der Waals surface area contributed by atoms with E-state index in [0.29, 0.717) is 0 Å². The lowest BCUT2D eigenvalue weighted by molar-refractivity contribution is 0.150. The van der Waals surface area contributed by atoms with Crippen molar-refractivity contribution in [3.05, 3.63) is 30.1 Å². The average Bonchev–Trinajstić information content (AvgIpc) is 2.28. The van der Waals surface area contributed by atoms with Crippen LogP contribution in [0.5, 0.6) is 0 Å². The Hall–Kier alpha value is -0.930. The molecule has 0 aliphatic heterocycles. The van der Waals surface area contributed by atoms with Crippen LogP contribution in [0.2, 0.25) is 0 Å². The van der Waals surface area contributed by atoms with Crippen LogP contribution in [0, 0.1) is 5.41 Å². The first kappa shape index (κ1) is 13.1. The molecule has 16 heavy (non-hydrogen) atoms. The molecule has 0 aromatic carbocycles. The predicted molar refractivity (Wildman–Crippen MR) is 66.2 cm³/mol. The Labute approximate surface area is 98.2 Å². The summed E-state index contributed by atoms with van der Waals surface area (Å²) >= 11 is 0. The first-order chi connectivity index (χ1) is 7.64. The van der Waals surface area contributed by atoms with E-state index in [2.05, 4.69) is 24.1 Å². The molecule has 0 saturated heterocycles. The van der Waals surface area contributed by atoms with Gasteiger partial charge in [0.15, 0.2) is 0 Å². The largest absolute Gasteiger partial charge is 0.385 e. The van der Waals surface area contributed by atoms with Crippen LogP contribution in [0.4, 0.5) is 0 Å². The topological polar surface area (TPSA) is 34.1 Å². The van der Waals surface area contributed by atoms with E-state index in [-0.39, 0.29) is 5.41 Å². The molecular formula is C13H22N2O. The number of rotatable bonds is 7. The SMILES string of the molecule is COCCC(C)(C)CNCc1ccncc1. The minimum absolute atomic E-state index is 0.281. The lowest BCUT2D eigenvalue weighted by Gasteiger charge is -2.24. The summed E-state index contributed by atoms with van der Waals surface area (Å²) in [6.45, 7) is 7.23. The van der Waals surface area contributed by atoms with Gasteiger partial charge in [-0.05, 0) is 29.5 Å². The molecule has 0 aliphatic carbocycles. The number of hydrogen-bond donors (Lipinski definition) is 1. The van der Waals surface area contributed by atoms with E-state index in [4.69, 9.17) is 4.74 Å². The van der Waals surface area contributed by atoms with Gasteiger partial charge in [-0.15, -0.1) is 0 Å². The fourth-order valence-electron chi connectivity index (χ4n) is 1.51. The standard InChI is InChI=1S/C13H22N2O/c1-13(2,6-9-16-3)11-15-10-12-4-7-14-8-5-12/h4-5,7-8,15H,6,9-11H2,1-3H3. The third kappa shape index (κ3) is 5.24. The van der Waals surface area contributed by atoms with Crippen molar-refractivity contribution in [1.29, 1.82) is 0 Å². The highest BCUT2D eigenvalue weighted by atomic mass is 16.5. The number of hydrogen-bond acceptors (Lipinski definition) is 3. The molecule has 0 spiro atoms. The summed E-state index contributed by atoms with van der Waals surface area (Å²) in [6, 6.07) is 4.07. The lowest BCUT2D eigenvalue weighted by atomic mass is 9.89. The molecule has 1 heterocycles. The van der Waals surface area contributed by atoms with E-state index in [1.807, 2.05) is 24.5 Å². The van der Waals surface area contributed by atoms with Crippen molar-refractivity contribution in [3.8, 4) is 0 Å². The molecule has 3 nitrogen and oxygen atoms in total. The summed E-state index contributed by atoms with van der Waals surface area (Å²) < 4.78 is 5.11. The van der Waals surface area contributed by atoms with Crippen molar-refractivity contribution in [1.82, 2.24) is 10.3 Å². The lowest BCUT2D eigenvalue weighted by Crippen LogP contribution is -2.30. The molecule has 0 fully saturated rings. The van der Waals surface area contributed by atoms with Gasteiger partial charge in [0.2, 0.25) is 0 Å². The summed E-state index contributed by atoms with van der Waals surface area (Å²) in [5, 5.41) is 3.47. The Balaban J connectivity index is 2.24. The van der Waals surface area contributed by atoms with Crippen molar-refractivity contribution in [2.75, 3.05) is 20.3 Å². The smallest absolute Gasteiger partial charge is 0.0467 e. The summed E-state index contributed by atoms with van der Waals surface area (Å²) in [5.74, 6) is 0. The summed E-state index contributed by atoms with van der Waals surface area (Å²) in [6.07, 6.45) is 4.73. The maximum atomic E-state index is 5.11. The molecule has 0 aliphatic rings. The third-order valence-corrected chi connectivity index (χ3v) is 2.66. The Morgan fingerprint density at radius 3 is 2.62 bits per heavy atom. The van der Waals surface area contributed by atoms with Crippen molar-refractivity contribution < 1.29 is 4.74 Å². The predicted octanol–water partition coefficient (Wildman–Crippen LogP) is 2.23. The van der Waals surface area contributed by atoms with Gasteiger partial charge in [-0.25, -0.2) is 0 Å². The van der Waals surface area contributed by atoms with Crippen LogP contribution >= 0.6 is 0 Å². The van der Waals surface area contributed by atoms with E-state index < -0.39 is 0 Å². The molecule has 0 atom stereocenters. The highest BCUT2D eigenvalue weighted by Crippen LogP contribution is 2.18. The number of methoxy groups -OCH3 is 1. The number of nitrogens with zero attached hydrogens (tertiary/aromatic N) is 1. The Kier molecular flexibility index (Phi) is 5.43. The van der Waals surface area contributed by atoms with Gasteiger partial charge in [-0.2, -0.15) is 0 Å².